The molecule has 6 heteroatoms. The standard InChI is InChI=1S/C23H34N2O4/c1-22(2,28-3)21(27)25-14-12-23(13-15-25)11-7-4-8-16-29-19-10-6-5-9-18(19)20(26)24-17-23/h5-6,9-10H,4,7-8,11-17H2,1-3H3,(H,24,26). The third kappa shape index (κ3) is 5.10. The third-order valence-electron chi connectivity index (χ3n) is 6.50. The number of amides is 2. The molecule has 0 saturated carbocycles. The highest BCUT2D eigenvalue weighted by Crippen LogP contribution is 2.37. The molecular weight excluding hydrogens is 368 g/mol. The Kier molecular flexibility index (Phi) is 6.83. The van der Waals surface area contributed by atoms with Gasteiger partial charge in [-0.3, -0.25) is 9.59 Å². The highest BCUT2D eigenvalue weighted by Gasteiger charge is 2.39. The molecule has 0 atom stereocenters. The van der Waals surface area contributed by atoms with Crippen molar-refractivity contribution in [3.8, 4) is 5.75 Å². The first-order valence-electron chi connectivity index (χ1n) is 10.7. The first-order chi connectivity index (χ1) is 13.9. The van der Waals surface area contributed by atoms with Crippen molar-refractivity contribution >= 4 is 11.8 Å². The van der Waals surface area contributed by atoms with Crippen LogP contribution in [0.3, 0.4) is 0 Å². The molecule has 1 fully saturated rings. The van der Waals surface area contributed by atoms with E-state index >= 15 is 0 Å². The minimum Gasteiger partial charge on any atom is -0.493 e. The zero-order valence-electron chi connectivity index (χ0n) is 18.0. The molecule has 3 rings (SSSR count). The van der Waals surface area contributed by atoms with Crippen LogP contribution < -0.4 is 10.1 Å². The quantitative estimate of drug-likeness (QED) is 0.823. The van der Waals surface area contributed by atoms with Crippen LogP contribution in [0.5, 0.6) is 5.75 Å². The molecule has 1 N–H and O–H groups in total. The van der Waals surface area contributed by atoms with Gasteiger partial charge in [0.25, 0.3) is 11.8 Å². The Morgan fingerprint density at radius 1 is 1.14 bits per heavy atom. The maximum Gasteiger partial charge on any atom is 0.255 e. The van der Waals surface area contributed by atoms with E-state index in [2.05, 4.69) is 5.32 Å². The molecule has 1 saturated heterocycles. The van der Waals surface area contributed by atoms with Crippen LogP contribution in [0.2, 0.25) is 0 Å². The van der Waals surface area contributed by atoms with Crippen LogP contribution in [-0.2, 0) is 9.53 Å². The summed E-state index contributed by atoms with van der Waals surface area (Å²) in [5.41, 5.74) is -0.161. The summed E-state index contributed by atoms with van der Waals surface area (Å²) in [5, 5.41) is 3.16. The topological polar surface area (TPSA) is 67.9 Å². The van der Waals surface area contributed by atoms with Crippen molar-refractivity contribution in [1.82, 2.24) is 10.2 Å². The Labute approximate surface area is 173 Å². The molecule has 0 aliphatic carbocycles. The van der Waals surface area contributed by atoms with Crippen molar-refractivity contribution in [3.05, 3.63) is 29.8 Å². The molecule has 160 valence electrons. The maximum absolute atomic E-state index is 12.8. The maximum atomic E-state index is 12.8. The van der Waals surface area contributed by atoms with Gasteiger partial charge in [0, 0.05) is 26.7 Å². The molecule has 0 radical (unpaired) electrons. The number of piperidine rings is 1. The van der Waals surface area contributed by atoms with E-state index in [0.717, 1.165) is 38.5 Å². The molecule has 1 aromatic carbocycles. The van der Waals surface area contributed by atoms with Gasteiger partial charge in [-0.2, -0.15) is 0 Å². The minimum atomic E-state index is -0.797. The number of benzene rings is 1. The first kappa shape index (κ1) is 21.6. The average Bonchev–Trinajstić information content (AvgIpc) is 2.74. The largest absolute Gasteiger partial charge is 0.493 e. The molecule has 2 aliphatic heterocycles. The number of hydrogen-bond donors (Lipinski definition) is 1. The van der Waals surface area contributed by atoms with Crippen LogP contribution in [0.25, 0.3) is 0 Å². The lowest BCUT2D eigenvalue weighted by Gasteiger charge is -2.44. The average molecular weight is 403 g/mol. The van der Waals surface area contributed by atoms with Gasteiger partial charge in [0.05, 0.1) is 12.2 Å². The van der Waals surface area contributed by atoms with Gasteiger partial charge in [-0.25, -0.2) is 0 Å². The molecule has 2 heterocycles. The van der Waals surface area contributed by atoms with Gasteiger partial charge in [-0.05, 0) is 57.1 Å². The Hall–Kier alpha value is -2.08. The Morgan fingerprint density at radius 3 is 2.59 bits per heavy atom. The highest BCUT2D eigenvalue weighted by molar-refractivity contribution is 5.96. The van der Waals surface area contributed by atoms with Crippen LogP contribution in [0.15, 0.2) is 24.3 Å². The molecule has 1 aromatic rings. The number of para-hydroxylation sites is 1. The molecule has 0 bridgehead atoms. The zero-order chi connectivity index (χ0) is 20.9. The summed E-state index contributed by atoms with van der Waals surface area (Å²) in [6.07, 6.45) is 6.06. The van der Waals surface area contributed by atoms with E-state index < -0.39 is 5.60 Å². The van der Waals surface area contributed by atoms with Crippen LogP contribution in [-0.4, -0.2) is 55.7 Å². The van der Waals surface area contributed by atoms with Gasteiger partial charge < -0.3 is 19.7 Å². The van der Waals surface area contributed by atoms with Gasteiger partial charge in [0.2, 0.25) is 0 Å². The van der Waals surface area contributed by atoms with Crippen molar-refractivity contribution in [3.63, 3.8) is 0 Å². The Morgan fingerprint density at radius 2 is 1.86 bits per heavy atom. The van der Waals surface area contributed by atoms with Crippen molar-refractivity contribution in [2.75, 3.05) is 33.4 Å². The molecule has 1 spiro atoms. The number of hydrogen-bond acceptors (Lipinski definition) is 4. The van der Waals surface area contributed by atoms with Crippen molar-refractivity contribution in [1.29, 1.82) is 0 Å². The van der Waals surface area contributed by atoms with Gasteiger partial charge >= 0.3 is 0 Å². The number of carbonyl (C=O) groups excluding carboxylic acids is 2. The van der Waals surface area contributed by atoms with Gasteiger partial charge in [0.1, 0.15) is 11.4 Å². The number of carbonyl (C=O) groups is 2. The minimum absolute atomic E-state index is 0.0399. The van der Waals surface area contributed by atoms with E-state index in [1.807, 2.05) is 43.0 Å². The number of fused-ring (bicyclic) bond motifs is 1. The summed E-state index contributed by atoms with van der Waals surface area (Å²) >= 11 is 0. The van der Waals surface area contributed by atoms with Crippen LogP contribution in [0.4, 0.5) is 0 Å². The second-order valence-corrected chi connectivity index (χ2v) is 8.84. The predicted molar refractivity (Wildman–Crippen MR) is 112 cm³/mol. The monoisotopic (exact) mass is 402 g/mol. The summed E-state index contributed by atoms with van der Waals surface area (Å²) in [6, 6.07) is 7.44. The normalized spacial score (nSPS) is 20.7. The second kappa shape index (κ2) is 9.16. The van der Waals surface area contributed by atoms with E-state index in [0.29, 0.717) is 37.6 Å². The van der Waals surface area contributed by atoms with E-state index in [1.54, 1.807) is 7.11 Å². The molecule has 0 aromatic heterocycles. The molecule has 2 aliphatic rings. The number of ether oxygens (including phenoxy) is 2. The van der Waals surface area contributed by atoms with E-state index in [1.165, 1.54) is 0 Å². The summed E-state index contributed by atoms with van der Waals surface area (Å²) in [6.45, 7) is 6.31. The molecule has 0 unspecified atom stereocenters. The molecule has 29 heavy (non-hydrogen) atoms. The third-order valence-corrected chi connectivity index (χ3v) is 6.50. The zero-order valence-corrected chi connectivity index (χ0v) is 18.0. The van der Waals surface area contributed by atoms with Crippen LogP contribution in [0.1, 0.15) is 62.7 Å². The fraction of sp³-hybridized carbons (Fsp3) is 0.652. The van der Waals surface area contributed by atoms with E-state index in [4.69, 9.17) is 9.47 Å². The van der Waals surface area contributed by atoms with Crippen molar-refractivity contribution in [2.45, 2.75) is 58.0 Å². The smallest absolute Gasteiger partial charge is 0.255 e. The molecule has 6 nitrogen and oxygen atoms in total. The number of nitrogens with one attached hydrogen (secondary N) is 1. The fourth-order valence-electron chi connectivity index (χ4n) is 4.27. The Balaban J connectivity index is 1.70. The number of likely N-dealkylation sites (tertiary alicyclic amines) is 1. The number of rotatable bonds is 2. The second-order valence-electron chi connectivity index (χ2n) is 8.84. The Bertz CT molecular complexity index is 723. The lowest BCUT2D eigenvalue weighted by Crippen LogP contribution is -2.53. The lowest BCUT2D eigenvalue weighted by atomic mass is 9.74. The van der Waals surface area contributed by atoms with Crippen LogP contribution in [0, 0.1) is 5.41 Å². The molecule has 2 amide bonds. The summed E-state index contributed by atoms with van der Waals surface area (Å²) in [4.78, 5) is 27.5. The predicted octanol–water partition coefficient (Wildman–Crippen LogP) is 3.40. The SMILES string of the molecule is COC(C)(C)C(=O)N1CCC2(CCCCCOc3ccccc3C(=O)NC2)CC1. The summed E-state index contributed by atoms with van der Waals surface area (Å²) in [7, 11) is 1.58. The van der Waals surface area contributed by atoms with E-state index in [9.17, 15) is 9.59 Å². The highest BCUT2D eigenvalue weighted by atomic mass is 16.5. The van der Waals surface area contributed by atoms with Crippen LogP contribution >= 0.6 is 0 Å². The van der Waals surface area contributed by atoms with Gasteiger partial charge in [-0.1, -0.05) is 25.0 Å². The van der Waals surface area contributed by atoms with Gasteiger partial charge in [0.15, 0.2) is 0 Å². The van der Waals surface area contributed by atoms with E-state index in [-0.39, 0.29) is 17.2 Å². The van der Waals surface area contributed by atoms with Crippen molar-refractivity contribution < 1.29 is 19.1 Å². The fourth-order valence-corrected chi connectivity index (χ4v) is 4.27. The first-order valence-corrected chi connectivity index (χ1v) is 10.7. The number of methoxy groups -OCH3 is 1. The number of nitrogens with zero attached hydrogens (tertiary/aromatic N) is 1. The molecular formula is C23H34N2O4. The summed E-state index contributed by atoms with van der Waals surface area (Å²) in [5.74, 6) is 0.611. The summed E-state index contributed by atoms with van der Waals surface area (Å²) < 4.78 is 11.2. The van der Waals surface area contributed by atoms with Gasteiger partial charge in [-0.15, -0.1) is 0 Å². The van der Waals surface area contributed by atoms with Crippen molar-refractivity contribution in [2.24, 2.45) is 5.41 Å². The lowest BCUT2D eigenvalue weighted by molar-refractivity contribution is -0.153.